The number of nitrogen functional groups attached to an aromatic ring is 1. The van der Waals surface area contributed by atoms with Crippen molar-refractivity contribution in [3.05, 3.63) is 84.1 Å². The zero-order chi connectivity index (χ0) is 19.5. The number of hydrogen-bond donors (Lipinski definition) is 2. The minimum atomic E-state index is -0.946. The van der Waals surface area contributed by atoms with E-state index in [-0.39, 0.29) is 0 Å². The zero-order valence-corrected chi connectivity index (χ0v) is 15.3. The molecule has 0 bridgehead atoms. The molecular weight excluding hydrogens is 379 g/mol. The van der Waals surface area contributed by atoms with Gasteiger partial charge >= 0.3 is 0 Å². The molecule has 0 amide bonds. The number of rotatable bonds is 5. The van der Waals surface area contributed by atoms with Gasteiger partial charge in [0.1, 0.15) is 23.5 Å². The van der Waals surface area contributed by atoms with Crippen LogP contribution in [0.25, 0.3) is 10.4 Å². The summed E-state index contributed by atoms with van der Waals surface area (Å²) in [4.78, 5) is 9.05. The van der Waals surface area contributed by atoms with Crippen molar-refractivity contribution in [3.63, 3.8) is 0 Å². The topological polar surface area (TPSA) is 94.2 Å². The van der Waals surface area contributed by atoms with Crippen molar-refractivity contribution in [2.75, 3.05) is 5.73 Å². The van der Waals surface area contributed by atoms with E-state index in [9.17, 15) is 9.50 Å². The van der Waals surface area contributed by atoms with E-state index < -0.39 is 11.9 Å². The Bertz CT molecular complexity index is 1100. The lowest BCUT2D eigenvalue weighted by Crippen LogP contribution is -2.00. The molecular formula is C20H15FN4O2S. The van der Waals surface area contributed by atoms with Crippen molar-refractivity contribution >= 4 is 17.4 Å². The van der Waals surface area contributed by atoms with E-state index in [1.165, 1.54) is 29.9 Å². The lowest BCUT2D eigenvalue weighted by Gasteiger charge is -2.09. The lowest BCUT2D eigenvalue weighted by molar-refractivity contribution is 0.216. The Labute approximate surface area is 164 Å². The Morgan fingerprint density at radius 1 is 1.07 bits per heavy atom. The fourth-order valence-electron chi connectivity index (χ4n) is 2.61. The SMILES string of the molecule is Nc1ncccc1-c1cc(C(O)c2ccc(Oc3cccc(F)c3)nc2)ns1. The van der Waals surface area contributed by atoms with Crippen LogP contribution in [0.4, 0.5) is 10.2 Å². The minimum absolute atomic E-state index is 0.295. The average molecular weight is 394 g/mol. The Hall–Kier alpha value is -3.36. The summed E-state index contributed by atoms with van der Waals surface area (Å²) in [6.07, 6.45) is 2.17. The van der Waals surface area contributed by atoms with Crippen molar-refractivity contribution in [3.8, 4) is 22.1 Å². The van der Waals surface area contributed by atoms with E-state index in [0.29, 0.717) is 28.7 Å². The number of hydrogen-bond acceptors (Lipinski definition) is 7. The van der Waals surface area contributed by atoms with Gasteiger partial charge in [-0.15, -0.1) is 0 Å². The highest BCUT2D eigenvalue weighted by Crippen LogP contribution is 2.32. The van der Waals surface area contributed by atoms with Crippen molar-refractivity contribution < 1.29 is 14.2 Å². The van der Waals surface area contributed by atoms with Gasteiger partial charge in [-0.05, 0) is 47.9 Å². The first-order chi connectivity index (χ1) is 13.6. The third-order valence-electron chi connectivity index (χ3n) is 4.01. The maximum absolute atomic E-state index is 13.2. The smallest absolute Gasteiger partial charge is 0.219 e. The molecule has 8 heteroatoms. The quantitative estimate of drug-likeness (QED) is 0.527. The van der Waals surface area contributed by atoms with Gasteiger partial charge in [-0.3, -0.25) is 0 Å². The minimum Gasteiger partial charge on any atom is -0.439 e. The van der Waals surface area contributed by atoms with Crippen molar-refractivity contribution in [2.45, 2.75) is 6.10 Å². The zero-order valence-electron chi connectivity index (χ0n) is 14.5. The molecule has 0 radical (unpaired) electrons. The van der Waals surface area contributed by atoms with Crippen LogP contribution in [0.1, 0.15) is 17.4 Å². The van der Waals surface area contributed by atoms with E-state index in [1.807, 2.05) is 6.07 Å². The fraction of sp³-hybridized carbons (Fsp3) is 0.0500. The summed E-state index contributed by atoms with van der Waals surface area (Å²) < 4.78 is 23.1. The first kappa shape index (κ1) is 18.0. The number of halogens is 1. The van der Waals surface area contributed by atoms with Gasteiger partial charge in [-0.1, -0.05) is 6.07 Å². The Kier molecular flexibility index (Phi) is 4.96. The first-order valence-electron chi connectivity index (χ1n) is 8.35. The molecule has 6 nitrogen and oxygen atoms in total. The number of benzene rings is 1. The molecule has 0 aliphatic carbocycles. The third kappa shape index (κ3) is 3.83. The molecule has 140 valence electrons. The standard InChI is InChI=1S/C20H15FN4O2S/c21-13-3-1-4-14(9-13)27-18-7-6-12(11-24-18)19(26)16-10-17(28-25-16)15-5-2-8-23-20(15)22/h1-11,19,26H,(H2,22,23). The van der Waals surface area contributed by atoms with Crippen molar-refractivity contribution in [1.82, 2.24) is 14.3 Å². The van der Waals surface area contributed by atoms with Crippen LogP contribution in [0.2, 0.25) is 0 Å². The maximum Gasteiger partial charge on any atom is 0.219 e. The summed E-state index contributed by atoms with van der Waals surface area (Å²) in [5.74, 6) is 0.661. The summed E-state index contributed by atoms with van der Waals surface area (Å²) >= 11 is 1.24. The number of pyridine rings is 2. The molecule has 3 N–H and O–H groups in total. The molecule has 4 rings (SSSR count). The van der Waals surface area contributed by atoms with Crippen LogP contribution in [-0.2, 0) is 0 Å². The molecule has 3 heterocycles. The molecule has 0 saturated carbocycles. The summed E-state index contributed by atoms with van der Waals surface area (Å²) in [7, 11) is 0. The van der Waals surface area contributed by atoms with Gasteiger partial charge < -0.3 is 15.6 Å². The first-order valence-corrected chi connectivity index (χ1v) is 9.12. The van der Waals surface area contributed by atoms with Crippen LogP contribution < -0.4 is 10.5 Å². The second-order valence-corrected chi connectivity index (χ2v) is 6.75. The van der Waals surface area contributed by atoms with E-state index in [2.05, 4.69) is 14.3 Å². The summed E-state index contributed by atoms with van der Waals surface area (Å²) in [6, 6.07) is 14.5. The summed E-state index contributed by atoms with van der Waals surface area (Å²) in [6.45, 7) is 0. The fourth-order valence-corrected chi connectivity index (χ4v) is 3.41. The lowest BCUT2D eigenvalue weighted by atomic mass is 10.1. The van der Waals surface area contributed by atoms with E-state index in [0.717, 1.165) is 10.4 Å². The molecule has 0 aliphatic heterocycles. The van der Waals surface area contributed by atoms with Gasteiger partial charge in [0, 0.05) is 35.7 Å². The van der Waals surface area contributed by atoms with Crippen molar-refractivity contribution in [2.24, 2.45) is 0 Å². The number of anilines is 1. The summed E-state index contributed by atoms with van der Waals surface area (Å²) in [5.41, 5.74) is 7.72. The normalized spacial score (nSPS) is 11.9. The number of ether oxygens (including phenoxy) is 1. The van der Waals surface area contributed by atoms with Crippen LogP contribution in [0.3, 0.4) is 0 Å². The molecule has 0 spiro atoms. The molecule has 3 aromatic heterocycles. The van der Waals surface area contributed by atoms with Gasteiger partial charge in [-0.25, -0.2) is 14.4 Å². The van der Waals surface area contributed by atoms with Crippen LogP contribution >= 0.6 is 11.5 Å². The van der Waals surface area contributed by atoms with Crippen LogP contribution in [0.5, 0.6) is 11.6 Å². The van der Waals surface area contributed by atoms with Gasteiger partial charge in [0.15, 0.2) is 0 Å². The van der Waals surface area contributed by atoms with Gasteiger partial charge in [-0.2, -0.15) is 4.37 Å². The highest BCUT2D eigenvalue weighted by Gasteiger charge is 2.17. The molecule has 1 unspecified atom stereocenters. The van der Waals surface area contributed by atoms with Crippen molar-refractivity contribution in [1.29, 1.82) is 0 Å². The molecule has 0 saturated heterocycles. The number of aromatic nitrogens is 3. The third-order valence-corrected chi connectivity index (χ3v) is 4.84. The molecule has 28 heavy (non-hydrogen) atoms. The highest BCUT2D eigenvalue weighted by molar-refractivity contribution is 7.09. The van der Waals surface area contributed by atoms with Gasteiger partial charge in [0.2, 0.25) is 5.88 Å². The number of nitrogens with zero attached hydrogens (tertiary/aromatic N) is 3. The van der Waals surface area contributed by atoms with Crippen LogP contribution in [0.15, 0.2) is 67.0 Å². The maximum atomic E-state index is 13.2. The van der Waals surface area contributed by atoms with E-state index >= 15 is 0 Å². The monoisotopic (exact) mass is 394 g/mol. The molecule has 1 atom stereocenters. The second kappa shape index (κ2) is 7.71. The predicted octanol–water partition coefficient (Wildman–Crippen LogP) is 4.20. The highest BCUT2D eigenvalue weighted by atomic mass is 32.1. The second-order valence-electron chi connectivity index (χ2n) is 5.94. The number of nitrogens with two attached hydrogens (primary N) is 1. The molecule has 4 aromatic rings. The number of aliphatic hydroxyl groups excluding tert-OH is 1. The van der Waals surface area contributed by atoms with E-state index in [4.69, 9.17) is 10.5 Å². The molecule has 0 fully saturated rings. The number of aliphatic hydroxyl groups is 1. The predicted molar refractivity (Wildman–Crippen MR) is 105 cm³/mol. The van der Waals surface area contributed by atoms with Gasteiger partial charge in [0.05, 0.1) is 10.6 Å². The largest absolute Gasteiger partial charge is 0.439 e. The summed E-state index contributed by atoms with van der Waals surface area (Å²) in [5, 5.41) is 10.6. The molecule has 1 aromatic carbocycles. The molecule has 0 aliphatic rings. The van der Waals surface area contributed by atoms with E-state index in [1.54, 1.807) is 42.6 Å². The Morgan fingerprint density at radius 3 is 2.71 bits per heavy atom. The van der Waals surface area contributed by atoms with Crippen LogP contribution in [0, 0.1) is 5.82 Å². The Morgan fingerprint density at radius 2 is 1.96 bits per heavy atom. The van der Waals surface area contributed by atoms with Crippen LogP contribution in [-0.4, -0.2) is 19.4 Å². The van der Waals surface area contributed by atoms with Gasteiger partial charge in [0.25, 0.3) is 0 Å². The Balaban J connectivity index is 1.51. The average Bonchev–Trinajstić information content (AvgIpc) is 3.18.